The minimum atomic E-state index is 0.845. The van der Waals surface area contributed by atoms with Crippen molar-refractivity contribution in [2.45, 2.75) is 13.8 Å². The molecule has 1 rings (SSSR count). The zero-order chi connectivity index (χ0) is 8.85. The van der Waals surface area contributed by atoms with Crippen LogP contribution >= 0.6 is 0 Å². The number of anilines is 1. The van der Waals surface area contributed by atoms with Crippen molar-refractivity contribution in [3.05, 3.63) is 42.5 Å². The third-order valence-electron chi connectivity index (χ3n) is 1.53. The van der Waals surface area contributed by atoms with Crippen molar-refractivity contribution in [3.8, 4) is 0 Å². The first-order valence-electron chi connectivity index (χ1n) is 3.53. The predicted octanol–water partition coefficient (Wildman–Crippen LogP) is 2.69. The van der Waals surface area contributed by atoms with Gasteiger partial charge in [0.15, 0.2) is 0 Å². The van der Waals surface area contributed by atoms with Gasteiger partial charge in [-0.05, 0) is 37.1 Å². The lowest BCUT2D eigenvalue weighted by molar-refractivity contribution is 1.34. The van der Waals surface area contributed by atoms with E-state index in [4.69, 9.17) is 5.73 Å². The second-order valence-electron chi connectivity index (χ2n) is 2.34. The molecular formula is C10H15N. The molecule has 0 heterocycles. The first-order valence-corrected chi connectivity index (χ1v) is 3.53. The molecule has 1 nitrogen and oxygen atoms in total. The molecule has 0 aliphatic heterocycles. The zero-order valence-corrected chi connectivity index (χ0v) is 7.22. The van der Waals surface area contributed by atoms with Crippen LogP contribution in [0.4, 0.5) is 5.69 Å². The van der Waals surface area contributed by atoms with E-state index in [9.17, 15) is 0 Å². The average Bonchev–Trinajstić information content (AvgIpc) is 2.02. The van der Waals surface area contributed by atoms with Crippen molar-refractivity contribution in [1.29, 1.82) is 0 Å². The summed E-state index contributed by atoms with van der Waals surface area (Å²) in [6, 6.07) is 5.93. The van der Waals surface area contributed by atoms with Gasteiger partial charge in [-0.15, -0.1) is 13.2 Å². The molecular weight excluding hydrogens is 134 g/mol. The highest BCUT2D eigenvalue weighted by atomic mass is 14.5. The number of rotatable bonds is 0. The van der Waals surface area contributed by atoms with Crippen LogP contribution in [0.2, 0.25) is 0 Å². The van der Waals surface area contributed by atoms with Gasteiger partial charge in [-0.1, -0.05) is 6.07 Å². The van der Waals surface area contributed by atoms with Crippen molar-refractivity contribution >= 4 is 5.69 Å². The minimum Gasteiger partial charge on any atom is -0.399 e. The molecule has 0 aliphatic rings. The Kier molecular flexibility index (Phi) is 4.04. The van der Waals surface area contributed by atoms with E-state index in [0.717, 1.165) is 5.69 Å². The Balaban J connectivity index is 0.000000461. The number of benzene rings is 1. The van der Waals surface area contributed by atoms with Gasteiger partial charge in [0, 0.05) is 5.69 Å². The molecule has 0 aliphatic carbocycles. The highest BCUT2D eigenvalue weighted by Gasteiger charge is 1.89. The summed E-state index contributed by atoms with van der Waals surface area (Å²) >= 11 is 0. The van der Waals surface area contributed by atoms with Crippen LogP contribution in [0.5, 0.6) is 0 Å². The molecule has 0 spiro atoms. The Labute approximate surface area is 68.5 Å². The molecule has 1 heteroatoms. The molecule has 0 aromatic heterocycles. The van der Waals surface area contributed by atoms with Crippen molar-refractivity contribution in [2.24, 2.45) is 0 Å². The van der Waals surface area contributed by atoms with E-state index >= 15 is 0 Å². The second kappa shape index (κ2) is 4.56. The first kappa shape index (κ1) is 9.76. The fourth-order valence-electron chi connectivity index (χ4n) is 0.765. The number of nitrogens with two attached hydrogens (primary N) is 1. The van der Waals surface area contributed by atoms with Gasteiger partial charge in [0.25, 0.3) is 0 Å². The quantitative estimate of drug-likeness (QED) is 0.445. The topological polar surface area (TPSA) is 26.0 Å². The molecule has 0 fully saturated rings. The van der Waals surface area contributed by atoms with Crippen molar-refractivity contribution in [2.75, 3.05) is 5.73 Å². The van der Waals surface area contributed by atoms with Gasteiger partial charge in [-0.3, -0.25) is 0 Å². The minimum absolute atomic E-state index is 0.845. The molecule has 0 saturated carbocycles. The highest BCUT2D eigenvalue weighted by Crippen LogP contribution is 2.09. The van der Waals surface area contributed by atoms with E-state index in [1.54, 1.807) is 0 Å². The monoisotopic (exact) mass is 149 g/mol. The van der Waals surface area contributed by atoms with Gasteiger partial charge in [-0.2, -0.15) is 0 Å². The van der Waals surface area contributed by atoms with Crippen LogP contribution in [-0.2, 0) is 0 Å². The largest absolute Gasteiger partial charge is 0.399 e. The van der Waals surface area contributed by atoms with Crippen molar-refractivity contribution < 1.29 is 0 Å². The van der Waals surface area contributed by atoms with Gasteiger partial charge in [0.05, 0.1) is 0 Å². The maximum Gasteiger partial charge on any atom is 0.0316 e. The molecule has 0 radical (unpaired) electrons. The number of nitrogen functional groups attached to an aromatic ring is 1. The number of hydrogen-bond acceptors (Lipinski definition) is 1. The Bertz CT molecular complexity index is 228. The first-order chi connectivity index (χ1) is 5.20. The van der Waals surface area contributed by atoms with Crippen LogP contribution < -0.4 is 5.73 Å². The second-order valence-corrected chi connectivity index (χ2v) is 2.34. The normalized spacial score (nSPS) is 8.18. The molecule has 2 N–H and O–H groups in total. The molecule has 0 atom stereocenters. The summed E-state index contributed by atoms with van der Waals surface area (Å²) in [4.78, 5) is 0. The molecule has 1 aromatic rings. The molecule has 11 heavy (non-hydrogen) atoms. The Hall–Kier alpha value is -1.24. The highest BCUT2D eigenvalue weighted by molar-refractivity contribution is 5.43. The fraction of sp³-hybridized carbons (Fsp3) is 0.200. The summed E-state index contributed by atoms with van der Waals surface area (Å²) < 4.78 is 0. The molecule has 0 saturated heterocycles. The van der Waals surface area contributed by atoms with Gasteiger partial charge in [0.1, 0.15) is 0 Å². The summed E-state index contributed by atoms with van der Waals surface area (Å²) in [5.41, 5.74) is 8.93. The maximum absolute atomic E-state index is 5.53. The lowest BCUT2D eigenvalue weighted by Crippen LogP contribution is -1.86. The zero-order valence-electron chi connectivity index (χ0n) is 7.22. The standard InChI is InChI=1S/C8H11N.C2H4/c1-6-3-4-8(9)5-7(6)2;1-2/h3-5H,9H2,1-2H3;1-2H2. The van der Waals surface area contributed by atoms with E-state index in [1.165, 1.54) is 11.1 Å². The summed E-state index contributed by atoms with van der Waals surface area (Å²) in [5.74, 6) is 0. The summed E-state index contributed by atoms with van der Waals surface area (Å²) in [5, 5.41) is 0. The van der Waals surface area contributed by atoms with E-state index in [2.05, 4.69) is 27.0 Å². The number of aryl methyl sites for hydroxylation is 2. The molecule has 0 unspecified atom stereocenters. The van der Waals surface area contributed by atoms with Crippen molar-refractivity contribution in [3.63, 3.8) is 0 Å². The third-order valence-corrected chi connectivity index (χ3v) is 1.53. The smallest absolute Gasteiger partial charge is 0.0316 e. The molecule has 60 valence electrons. The Morgan fingerprint density at radius 3 is 2.00 bits per heavy atom. The van der Waals surface area contributed by atoms with Crippen LogP contribution in [0.25, 0.3) is 0 Å². The Morgan fingerprint density at radius 2 is 1.64 bits per heavy atom. The van der Waals surface area contributed by atoms with Crippen LogP contribution in [0.15, 0.2) is 31.4 Å². The van der Waals surface area contributed by atoms with Gasteiger partial charge in [-0.25, -0.2) is 0 Å². The van der Waals surface area contributed by atoms with Crippen LogP contribution in [0.1, 0.15) is 11.1 Å². The Morgan fingerprint density at radius 1 is 1.09 bits per heavy atom. The molecule has 0 amide bonds. The summed E-state index contributed by atoms with van der Waals surface area (Å²) in [6.07, 6.45) is 0. The van der Waals surface area contributed by atoms with Crippen LogP contribution in [0, 0.1) is 13.8 Å². The molecule has 1 aromatic carbocycles. The van der Waals surface area contributed by atoms with Crippen LogP contribution in [0.3, 0.4) is 0 Å². The third kappa shape index (κ3) is 2.89. The van der Waals surface area contributed by atoms with Crippen LogP contribution in [-0.4, -0.2) is 0 Å². The lowest BCUT2D eigenvalue weighted by atomic mass is 10.1. The summed E-state index contributed by atoms with van der Waals surface area (Å²) in [6.45, 7) is 10.1. The average molecular weight is 149 g/mol. The van der Waals surface area contributed by atoms with E-state index < -0.39 is 0 Å². The van der Waals surface area contributed by atoms with E-state index in [-0.39, 0.29) is 0 Å². The lowest BCUT2D eigenvalue weighted by Gasteiger charge is -1.98. The van der Waals surface area contributed by atoms with E-state index in [1.807, 2.05) is 18.2 Å². The SMILES string of the molecule is C=C.Cc1ccc(N)cc1C. The van der Waals surface area contributed by atoms with Gasteiger partial charge >= 0.3 is 0 Å². The maximum atomic E-state index is 5.53. The number of hydrogen-bond donors (Lipinski definition) is 1. The van der Waals surface area contributed by atoms with Crippen molar-refractivity contribution in [1.82, 2.24) is 0 Å². The fourth-order valence-corrected chi connectivity index (χ4v) is 0.765. The predicted molar refractivity (Wildman–Crippen MR) is 51.6 cm³/mol. The van der Waals surface area contributed by atoms with Gasteiger partial charge in [0.2, 0.25) is 0 Å². The van der Waals surface area contributed by atoms with Gasteiger partial charge < -0.3 is 5.73 Å². The van der Waals surface area contributed by atoms with E-state index in [0.29, 0.717) is 0 Å². The summed E-state index contributed by atoms with van der Waals surface area (Å²) in [7, 11) is 0. The molecule has 0 bridgehead atoms.